The highest BCUT2D eigenvalue weighted by Crippen LogP contribution is 2.38. The SMILES string of the molecule is COc1cc(C(O)C(CO)c2ccc(/C=C/C(=O)O)cc2O)ccc1O. The van der Waals surface area contributed by atoms with Gasteiger partial charge in [0.1, 0.15) is 5.75 Å². The Kier molecular flexibility index (Phi) is 6.21. The van der Waals surface area contributed by atoms with Crippen LogP contribution in [0.2, 0.25) is 0 Å². The van der Waals surface area contributed by atoms with Crippen molar-refractivity contribution in [1.82, 2.24) is 0 Å². The molecule has 5 N–H and O–H groups in total. The molecular formula is C19H20O7. The third-order valence-corrected chi connectivity index (χ3v) is 4.00. The third kappa shape index (κ3) is 4.33. The van der Waals surface area contributed by atoms with E-state index in [1.54, 1.807) is 6.07 Å². The van der Waals surface area contributed by atoms with E-state index < -0.39 is 24.6 Å². The molecule has 0 amide bonds. The Morgan fingerprint density at radius 1 is 1.15 bits per heavy atom. The molecule has 2 atom stereocenters. The smallest absolute Gasteiger partial charge is 0.328 e. The number of hydrogen-bond donors (Lipinski definition) is 5. The maximum absolute atomic E-state index is 10.6. The van der Waals surface area contributed by atoms with Gasteiger partial charge in [-0.3, -0.25) is 0 Å². The van der Waals surface area contributed by atoms with Crippen LogP contribution in [0, 0.1) is 0 Å². The van der Waals surface area contributed by atoms with Gasteiger partial charge in [0.15, 0.2) is 11.5 Å². The molecule has 0 aliphatic heterocycles. The van der Waals surface area contributed by atoms with Crippen LogP contribution in [0.4, 0.5) is 0 Å². The van der Waals surface area contributed by atoms with Gasteiger partial charge in [-0.2, -0.15) is 0 Å². The number of rotatable bonds is 7. The van der Waals surface area contributed by atoms with Crippen LogP contribution in [0.3, 0.4) is 0 Å². The van der Waals surface area contributed by atoms with Crippen molar-refractivity contribution in [2.24, 2.45) is 0 Å². The number of ether oxygens (including phenoxy) is 1. The maximum Gasteiger partial charge on any atom is 0.328 e. The molecule has 7 nitrogen and oxygen atoms in total. The van der Waals surface area contributed by atoms with Crippen molar-refractivity contribution in [2.75, 3.05) is 13.7 Å². The summed E-state index contributed by atoms with van der Waals surface area (Å²) < 4.78 is 5.01. The molecule has 0 bridgehead atoms. The highest BCUT2D eigenvalue weighted by molar-refractivity contribution is 5.85. The molecule has 0 fully saturated rings. The number of methoxy groups -OCH3 is 1. The number of phenolic OH excluding ortho intramolecular Hbond substituents is 2. The van der Waals surface area contributed by atoms with Crippen LogP contribution < -0.4 is 4.74 Å². The van der Waals surface area contributed by atoms with Crippen molar-refractivity contribution in [2.45, 2.75) is 12.0 Å². The van der Waals surface area contributed by atoms with Gasteiger partial charge in [0, 0.05) is 17.6 Å². The van der Waals surface area contributed by atoms with Gasteiger partial charge in [-0.05, 0) is 35.4 Å². The molecule has 0 aromatic heterocycles. The van der Waals surface area contributed by atoms with E-state index in [0.29, 0.717) is 16.7 Å². The summed E-state index contributed by atoms with van der Waals surface area (Å²) in [5, 5.41) is 48.9. The quantitative estimate of drug-likeness (QED) is 0.478. The molecule has 2 aromatic carbocycles. The Hall–Kier alpha value is -3.03. The van der Waals surface area contributed by atoms with Crippen LogP contribution in [-0.2, 0) is 4.79 Å². The first kappa shape index (κ1) is 19.3. The van der Waals surface area contributed by atoms with Gasteiger partial charge >= 0.3 is 5.97 Å². The molecule has 0 spiro atoms. The van der Waals surface area contributed by atoms with Crippen molar-refractivity contribution >= 4 is 12.0 Å². The first-order valence-electron chi connectivity index (χ1n) is 7.77. The zero-order chi connectivity index (χ0) is 19.3. The largest absolute Gasteiger partial charge is 0.508 e. The number of carbonyl (C=O) groups is 1. The van der Waals surface area contributed by atoms with E-state index >= 15 is 0 Å². The topological polar surface area (TPSA) is 127 Å². The van der Waals surface area contributed by atoms with Gasteiger partial charge in [0.05, 0.1) is 19.8 Å². The maximum atomic E-state index is 10.6. The molecule has 0 saturated carbocycles. The zero-order valence-electron chi connectivity index (χ0n) is 14.0. The number of aliphatic hydroxyl groups excluding tert-OH is 2. The van der Waals surface area contributed by atoms with Gasteiger partial charge in [0.25, 0.3) is 0 Å². The minimum atomic E-state index is -1.17. The second kappa shape index (κ2) is 8.37. The fourth-order valence-electron chi connectivity index (χ4n) is 2.62. The molecular weight excluding hydrogens is 340 g/mol. The average molecular weight is 360 g/mol. The molecule has 0 radical (unpaired) electrons. The summed E-state index contributed by atoms with van der Waals surface area (Å²) in [4.78, 5) is 10.6. The van der Waals surface area contributed by atoms with E-state index in [0.717, 1.165) is 6.08 Å². The number of phenols is 2. The Morgan fingerprint density at radius 3 is 2.46 bits per heavy atom. The van der Waals surface area contributed by atoms with E-state index in [1.165, 1.54) is 43.5 Å². The number of carboxylic acid groups (broad SMARTS) is 1. The summed E-state index contributed by atoms with van der Waals surface area (Å²) in [7, 11) is 1.38. The zero-order valence-corrected chi connectivity index (χ0v) is 14.0. The van der Waals surface area contributed by atoms with Crippen LogP contribution in [0.25, 0.3) is 6.08 Å². The van der Waals surface area contributed by atoms with Crippen LogP contribution in [0.15, 0.2) is 42.5 Å². The van der Waals surface area contributed by atoms with Crippen molar-refractivity contribution in [1.29, 1.82) is 0 Å². The van der Waals surface area contributed by atoms with Crippen molar-refractivity contribution in [3.63, 3.8) is 0 Å². The Bertz CT molecular complexity index is 814. The lowest BCUT2D eigenvalue weighted by Crippen LogP contribution is -2.15. The Morgan fingerprint density at radius 2 is 1.88 bits per heavy atom. The number of carboxylic acids is 1. The van der Waals surface area contributed by atoms with Crippen LogP contribution in [0.1, 0.15) is 28.7 Å². The third-order valence-electron chi connectivity index (χ3n) is 4.00. The van der Waals surface area contributed by atoms with Crippen molar-refractivity contribution in [3.8, 4) is 17.2 Å². The molecule has 2 unspecified atom stereocenters. The van der Waals surface area contributed by atoms with Crippen LogP contribution in [0.5, 0.6) is 17.2 Å². The highest BCUT2D eigenvalue weighted by Gasteiger charge is 2.25. The van der Waals surface area contributed by atoms with Crippen molar-refractivity contribution in [3.05, 3.63) is 59.2 Å². The van der Waals surface area contributed by atoms with E-state index in [-0.39, 0.29) is 17.2 Å². The molecule has 2 rings (SSSR count). The minimum absolute atomic E-state index is 0.0820. The van der Waals surface area contributed by atoms with Crippen LogP contribution in [-0.4, -0.2) is 45.2 Å². The van der Waals surface area contributed by atoms with E-state index in [4.69, 9.17) is 9.84 Å². The summed E-state index contributed by atoms with van der Waals surface area (Å²) in [6, 6.07) is 8.74. The lowest BCUT2D eigenvalue weighted by atomic mass is 9.88. The highest BCUT2D eigenvalue weighted by atomic mass is 16.5. The molecule has 0 heterocycles. The summed E-state index contributed by atoms with van der Waals surface area (Å²) in [6.07, 6.45) is 1.09. The van der Waals surface area contributed by atoms with Gasteiger partial charge in [-0.1, -0.05) is 18.2 Å². The monoisotopic (exact) mass is 360 g/mol. The normalized spacial score (nSPS) is 13.5. The summed E-state index contributed by atoms with van der Waals surface area (Å²) in [5.41, 5.74) is 1.17. The molecule has 26 heavy (non-hydrogen) atoms. The number of hydrogen-bond acceptors (Lipinski definition) is 6. The van der Waals surface area contributed by atoms with E-state index in [9.17, 15) is 25.2 Å². The predicted molar refractivity (Wildman–Crippen MR) is 94.2 cm³/mol. The first-order chi connectivity index (χ1) is 12.4. The number of aliphatic carboxylic acids is 1. The number of aromatic hydroxyl groups is 2. The minimum Gasteiger partial charge on any atom is -0.508 e. The van der Waals surface area contributed by atoms with Gasteiger partial charge < -0.3 is 30.3 Å². The fourth-order valence-corrected chi connectivity index (χ4v) is 2.62. The number of aliphatic hydroxyl groups is 2. The van der Waals surface area contributed by atoms with Crippen molar-refractivity contribution < 1.29 is 35.1 Å². The molecule has 7 heteroatoms. The second-order valence-electron chi connectivity index (χ2n) is 5.66. The summed E-state index contributed by atoms with van der Waals surface area (Å²) in [6.45, 7) is -0.442. The Balaban J connectivity index is 2.34. The lowest BCUT2D eigenvalue weighted by Gasteiger charge is -2.23. The molecule has 2 aromatic rings. The average Bonchev–Trinajstić information content (AvgIpc) is 2.62. The van der Waals surface area contributed by atoms with E-state index in [2.05, 4.69) is 0 Å². The Labute approximate surface area is 150 Å². The molecule has 138 valence electrons. The van der Waals surface area contributed by atoms with Gasteiger partial charge in [-0.25, -0.2) is 4.79 Å². The lowest BCUT2D eigenvalue weighted by molar-refractivity contribution is -0.131. The molecule has 0 aliphatic rings. The first-order valence-corrected chi connectivity index (χ1v) is 7.77. The fraction of sp³-hybridized carbons (Fsp3) is 0.211. The summed E-state index contributed by atoms with van der Waals surface area (Å²) in [5.74, 6) is -2.03. The second-order valence-corrected chi connectivity index (χ2v) is 5.66. The predicted octanol–water partition coefficient (Wildman–Crippen LogP) is 2.01. The standard InChI is InChI=1S/C19H20O7/c1-26-17-9-12(4-6-15(17)21)19(25)14(10-20)13-5-2-11(8-16(13)22)3-7-18(23)24/h2-9,14,19-22,25H,10H2,1H3,(H,23,24)/b7-3+. The van der Waals surface area contributed by atoms with Gasteiger partial charge in [-0.15, -0.1) is 0 Å². The van der Waals surface area contributed by atoms with Gasteiger partial charge in [0.2, 0.25) is 0 Å². The molecule has 0 saturated heterocycles. The number of benzene rings is 2. The summed E-state index contributed by atoms with van der Waals surface area (Å²) >= 11 is 0. The van der Waals surface area contributed by atoms with Crippen LogP contribution >= 0.6 is 0 Å². The van der Waals surface area contributed by atoms with E-state index in [1.807, 2.05) is 0 Å². The molecule has 0 aliphatic carbocycles.